The Hall–Kier alpha value is -2.41. The van der Waals surface area contributed by atoms with Crippen molar-refractivity contribution in [1.82, 2.24) is 24.5 Å². The summed E-state index contributed by atoms with van der Waals surface area (Å²) in [6.45, 7) is 7.18. The summed E-state index contributed by atoms with van der Waals surface area (Å²) in [5.41, 5.74) is 1.82. The van der Waals surface area contributed by atoms with Crippen LogP contribution in [0, 0.1) is 13.8 Å². The quantitative estimate of drug-likeness (QED) is 0.755. The van der Waals surface area contributed by atoms with E-state index in [0.717, 1.165) is 30.0 Å². The van der Waals surface area contributed by atoms with Gasteiger partial charge in [0, 0.05) is 12.7 Å². The van der Waals surface area contributed by atoms with Crippen molar-refractivity contribution in [2.45, 2.75) is 40.3 Å². The molecule has 0 bridgehead atoms. The fraction of sp³-hybridized carbons (Fsp3) is 0.438. The molecule has 3 aromatic heterocycles. The second-order valence-corrected chi connectivity index (χ2v) is 5.51. The van der Waals surface area contributed by atoms with Crippen LogP contribution in [0.4, 0.5) is 0 Å². The van der Waals surface area contributed by atoms with E-state index in [2.05, 4.69) is 22.1 Å². The van der Waals surface area contributed by atoms with Gasteiger partial charge in [-0.3, -0.25) is 4.68 Å². The lowest BCUT2D eigenvalue weighted by Gasteiger charge is -2.01. The molecule has 0 atom stereocenters. The van der Waals surface area contributed by atoms with Gasteiger partial charge in [0.2, 0.25) is 5.82 Å². The molecule has 0 saturated carbocycles. The summed E-state index contributed by atoms with van der Waals surface area (Å²) in [6, 6.07) is 3.73. The molecule has 3 aromatic rings. The summed E-state index contributed by atoms with van der Waals surface area (Å²) in [6.07, 6.45) is 2.99. The molecule has 23 heavy (non-hydrogen) atoms. The van der Waals surface area contributed by atoms with E-state index < -0.39 is 0 Å². The van der Waals surface area contributed by atoms with E-state index in [1.54, 1.807) is 4.68 Å². The smallest absolute Gasteiger partial charge is 0.217 e. The third-order valence-electron chi connectivity index (χ3n) is 3.58. The van der Waals surface area contributed by atoms with E-state index in [0.29, 0.717) is 24.0 Å². The first-order valence-corrected chi connectivity index (χ1v) is 7.79. The van der Waals surface area contributed by atoms with E-state index in [-0.39, 0.29) is 6.61 Å². The Kier molecular flexibility index (Phi) is 4.29. The van der Waals surface area contributed by atoms with Gasteiger partial charge in [-0.2, -0.15) is 5.10 Å². The molecule has 3 rings (SSSR count). The summed E-state index contributed by atoms with van der Waals surface area (Å²) >= 11 is 0. The highest BCUT2D eigenvalue weighted by Crippen LogP contribution is 2.25. The largest absolute Gasteiger partial charge is 0.458 e. The van der Waals surface area contributed by atoms with E-state index in [1.807, 2.05) is 36.9 Å². The maximum Gasteiger partial charge on any atom is 0.217 e. The van der Waals surface area contributed by atoms with Crippen LogP contribution >= 0.6 is 0 Å². The lowest BCUT2D eigenvalue weighted by Crippen LogP contribution is -2.06. The van der Waals surface area contributed by atoms with Gasteiger partial charge in [-0.1, -0.05) is 6.92 Å². The van der Waals surface area contributed by atoms with Crippen molar-refractivity contribution < 1.29 is 9.52 Å². The number of rotatable bonds is 6. The molecule has 0 saturated heterocycles. The molecular weight excluding hydrogens is 294 g/mol. The molecular formula is C16H21N5O2. The fourth-order valence-electron chi connectivity index (χ4n) is 2.53. The van der Waals surface area contributed by atoms with Crippen molar-refractivity contribution in [2.75, 3.05) is 6.61 Å². The summed E-state index contributed by atoms with van der Waals surface area (Å²) in [5.74, 6) is 2.65. The number of hydrogen-bond acceptors (Lipinski definition) is 5. The van der Waals surface area contributed by atoms with E-state index in [9.17, 15) is 5.11 Å². The number of aromatic nitrogens is 5. The van der Waals surface area contributed by atoms with Gasteiger partial charge in [0.15, 0.2) is 11.6 Å². The molecule has 0 aromatic carbocycles. The Labute approximate surface area is 134 Å². The Morgan fingerprint density at radius 1 is 1.17 bits per heavy atom. The minimum atomic E-state index is -0.00483. The van der Waals surface area contributed by atoms with Crippen LogP contribution in [0.1, 0.15) is 24.8 Å². The zero-order chi connectivity index (χ0) is 16.4. The third-order valence-corrected chi connectivity index (χ3v) is 3.58. The monoisotopic (exact) mass is 315 g/mol. The molecule has 0 fully saturated rings. The van der Waals surface area contributed by atoms with Crippen LogP contribution in [0.2, 0.25) is 0 Å². The molecule has 1 N–H and O–H groups in total. The predicted octanol–water partition coefficient (Wildman–Crippen LogP) is 2.42. The summed E-state index contributed by atoms with van der Waals surface area (Å²) in [7, 11) is 0. The topological polar surface area (TPSA) is 81.9 Å². The molecule has 7 heteroatoms. The molecule has 0 spiro atoms. The molecule has 7 nitrogen and oxygen atoms in total. The minimum absolute atomic E-state index is 0.00483. The highest BCUT2D eigenvalue weighted by Gasteiger charge is 2.18. The lowest BCUT2D eigenvalue weighted by atomic mass is 10.2. The molecule has 0 aliphatic heterocycles. The van der Waals surface area contributed by atoms with Gasteiger partial charge < -0.3 is 9.52 Å². The van der Waals surface area contributed by atoms with Crippen LogP contribution in [-0.4, -0.2) is 36.3 Å². The van der Waals surface area contributed by atoms with Gasteiger partial charge in [0.05, 0.1) is 24.4 Å². The predicted molar refractivity (Wildman–Crippen MR) is 85.8 cm³/mol. The maximum absolute atomic E-state index is 9.30. The van der Waals surface area contributed by atoms with Crippen LogP contribution < -0.4 is 0 Å². The SMILES string of the molecule is CCCn1cc(-c2nc(-c3ccc(C)o3)nn2CCO)c(C)n1. The summed E-state index contributed by atoms with van der Waals surface area (Å²) < 4.78 is 9.22. The van der Waals surface area contributed by atoms with Crippen molar-refractivity contribution in [3.8, 4) is 23.0 Å². The summed E-state index contributed by atoms with van der Waals surface area (Å²) in [5, 5.41) is 18.3. The second-order valence-electron chi connectivity index (χ2n) is 5.51. The van der Waals surface area contributed by atoms with Crippen molar-refractivity contribution in [3.63, 3.8) is 0 Å². The third kappa shape index (κ3) is 3.05. The Balaban J connectivity index is 2.05. The van der Waals surface area contributed by atoms with Crippen LogP contribution in [0.3, 0.4) is 0 Å². The Morgan fingerprint density at radius 2 is 2.00 bits per heavy atom. The van der Waals surface area contributed by atoms with Crippen LogP contribution in [0.15, 0.2) is 22.7 Å². The zero-order valence-corrected chi connectivity index (χ0v) is 13.7. The number of aryl methyl sites for hydroxylation is 3. The number of nitrogens with zero attached hydrogens (tertiary/aromatic N) is 5. The normalized spacial score (nSPS) is 11.3. The first-order valence-electron chi connectivity index (χ1n) is 7.79. The average molecular weight is 315 g/mol. The molecule has 0 unspecified atom stereocenters. The zero-order valence-electron chi connectivity index (χ0n) is 13.7. The molecule has 0 aliphatic carbocycles. The van der Waals surface area contributed by atoms with E-state index >= 15 is 0 Å². The molecule has 122 valence electrons. The maximum atomic E-state index is 9.30. The highest BCUT2D eigenvalue weighted by atomic mass is 16.3. The van der Waals surface area contributed by atoms with Gasteiger partial charge in [-0.15, -0.1) is 5.10 Å². The number of furan rings is 1. The standard InChI is InChI=1S/C16H21N5O2/c1-4-7-20-10-13(12(3)18-20)16-17-15(19-21(16)8-9-22)14-6-5-11(2)23-14/h5-6,10,22H,4,7-9H2,1-3H3. The number of aliphatic hydroxyl groups is 1. The van der Waals surface area contributed by atoms with Gasteiger partial charge in [-0.05, 0) is 32.4 Å². The van der Waals surface area contributed by atoms with Crippen molar-refractivity contribution in [1.29, 1.82) is 0 Å². The number of aliphatic hydroxyl groups excluding tert-OH is 1. The lowest BCUT2D eigenvalue weighted by molar-refractivity contribution is 0.270. The molecule has 0 amide bonds. The van der Waals surface area contributed by atoms with Crippen LogP contribution in [-0.2, 0) is 13.1 Å². The first-order chi connectivity index (χ1) is 11.1. The average Bonchev–Trinajstić information content (AvgIpc) is 3.19. The molecule has 3 heterocycles. The molecule has 0 radical (unpaired) electrons. The second kappa shape index (κ2) is 6.37. The van der Waals surface area contributed by atoms with Gasteiger partial charge in [0.1, 0.15) is 5.76 Å². The summed E-state index contributed by atoms with van der Waals surface area (Å²) in [4.78, 5) is 4.61. The Bertz CT molecular complexity index is 799. The van der Waals surface area contributed by atoms with Crippen molar-refractivity contribution >= 4 is 0 Å². The van der Waals surface area contributed by atoms with Crippen molar-refractivity contribution in [3.05, 3.63) is 29.8 Å². The van der Waals surface area contributed by atoms with Gasteiger partial charge >= 0.3 is 0 Å². The first kappa shape index (κ1) is 15.5. The van der Waals surface area contributed by atoms with Gasteiger partial charge in [-0.25, -0.2) is 9.67 Å². The van der Waals surface area contributed by atoms with E-state index in [1.165, 1.54) is 0 Å². The number of hydrogen-bond donors (Lipinski definition) is 1. The minimum Gasteiger partial charge on any atom is -0.458 e. The molecule has 0 aliphatic rings. The van der Waals surface area contributed by atoms with E-state index in [4.69, 9.17) is 4.42 Å². The van der Waals surface area contributed by atoms with Crippen LogP contribution in [0.25, 0.3) is 23.0 Å². The van der Waals surface area contributed by atoms with Crippen molar-refractivity contribution in [2.24, 2.45) is 0 Å². The van der Waals surface area contributed by atoms with Crippen LogP contribution in [0.5, 0.6) is 0 Å². The highest BCUT2D eigenvalue weighted by molar-refractivity contribution is 5.60. The Morgan fingerprint density at radius 3 is 2.65 bits per heavy atom. The fourth-order valence-corrected chi connectivity index (χ4v) is 2.53. The van der Waals surface area contributed by atoms with Gasteiger partial charge in [0.25, 0.3) is 0 Å².